The van der Waals surface area contributed by atoms with Crippen LogP contribution in [0.25, 0.3) is 0 Å². The fourth-order valence-electron chi connectivity index (χ4n) is 15.1. The van der Waals surface area contributed by atoms with E-state index >= 15 is 0 Å². The van der Waals surface area contributed by atoms with Crippen molar-refractivity contribution < 1.29 is 10.2 Å². The molecule has 0 amide bonds. The monoisotopic (exact) mass is 598 g/mol. The molecule has 4 N–H and O–H groups in total. The van der Waals surface area contributed by atoms with Crippen LogP contribution in [0.4, 0.5) is 0 Å². The molecule has 240 valence electrons. The number of hydrogen-bond donors (Lipinski definition) is 4. The molecule has 2 aliphatic heterocycles. The maximum absolute atomic E-state index is 11.5. The van der Waals surface area contributed by atoms with E-state index in [1.807, 2.05) is 6.92 Å². The predicted octanol–water partition coefficient (Wildman–Crippen LogP) is 7.00. The van der Waals surface area contributed by atoms with E-state index in [1.165, 1.54) is 69.8 Å². The zero-order valence-electron chi connectivity index (χ0n) is 28.1. The van der Waals surface area contributed by atoms with Gasteiger partial charge in [-0.15, -0.1) is 0 Å². The summed E-state index contributed by atoms with van der Waals surface area (Å²) in [7, 11) is 0. The Balaban J connectivity index is 1.15. The van der Waals surface area contributed by atoms with Crippen LogP contribution in [0.2, 0.25) is 0 Å². The molecule has 4 bridgehead atoms. The van der Waals surface area contributed by atoms with Gasteiger partial charge in [-0.1, -0.05) is 48.5 Å². The number of hydrogen-bond acceptors (Lipinski definition) is 4. The molecule has 12 atom stereocenters. The lowest BCUT2D eigenvalue weighted by Gasteiger charge is -2.77. The largest absolute Gasteiger partial charge is 0.392 e. The first-order valence-corrected chi connectivity index (χ1v) is 18.5. The first-order valence-electron chi connectivity index (χ1n) is 18.5. The number of aliphatic hydroxyl groups is 2. The number of rotatable bonds is 4. The Labute approximate surface area is 266 Å². The van der Waals surface area contributed by atoms with E-state index in [0.29, 0.717) is 35.6 Å². The van der Waals surface area contributed by atoms with Gasteiger partial charge in [0.15, 0.2) is 0 Å². The summed E-state index contributed by atoms with van der Waals surface area (Å²) in [6.45, 7) is 16.8. The van der Waals surface area contributed by atoms with Gasteiger partial charge in [-0.25, -0.2) is 0 Å². The van der Waals surface area contributed by atoms with Crippen LogP contribution in [0.15, 0.2) is 47.1 Å². The lowest BCUT2D eigenvalue weighted by atomic mass is 9.32. The van der Waals surface area contributed by atoms with E-state index in [2.05, 4.69) is 57.8 Å². The molecule has 0 unspecified atom stereocenters. The van der Waals surface area contributed by atoms with Crippen LogP contribution in [0.3, 0.4) is 0 Å². The molecule has 0 aromatic rings. The van der Waals surface area contributed by atoms with Crippen molar-refractivity contribution in [1.82, 2.24) is 10.6 Å². The summed E-state index contributed by atoms with van der Waals surface area (Å²) in [5, 5.41) is 29.7. The quantitative estimate of drug-likeness (QED) is 0.263. The number of aliphatic hydroxyl groups excluding tert-OH is 2. The second kappa shape index (κ2) is 8.82. The highest BCUT2D eigenvalue weighted by molar-refractivity contribution is 5.58. The summed E-state index contributed by atoms with van der Waals surface area (Å²) in [4.78, 5) is 0. The van der Waals surface area contributed by atoms with Gasteiger partial charge in [-0.05, 0) is 151 Å². The molecule has 4 spiro atoms. The summed E-state index contributed by atoms with van der Waals surface area (Å²) in [6.07, 6.45) is 22.9. The van der Waals surface area contributed by atoms with Gasteiger partial charge in [-0.2, -0.15) is 0 Å². The molecule has 0 aromatic carbocycles. The molecule has 8 fully saturated rings. The standard InChI is InChI=1S/C40H58N2O2/c1-23(2)26-7-8-35(5)30(17-26)24(3)15-34-38(35)11-9-37(10-12-38)21-29-19-28-16-27-18-32(41-22-25(4)43)33(44)20-31(27)39(28)13-14-40(34,37)42-36(29,39)6/h13-15,25-29,31-33,41-44H,1,7-12,16-22H2,2-6H3/t25-,26+,27+,28+,29+,31-,32+,33+,35+,36-,37?,38?,39-,40+/m0/s1. The van der Waals surface area contributed by atoms with Crippen molar-refractivity contribution in [2.24, 2.45) is 51.2 Å². The Morgan fingerprint density at radius 3 is 2.57 bits per heavy atom. The van der Waals surface area contributed by atoms with E-state index in [4.69, 9.17) is 5.32 Å². The van der Waals surface area contributed by atoms with Crippen molar-refractivity contribution in [3.63, 3.8) is 0 Å². The van der Waals surface area contributed by atoms with Gasteiger partial charge >= 0.3 is 0 Å². The molecule has 2 heterocycles. The van der Waals surface area contributed by atoms with E-state index in [1.54, 1.807) is 16.7 Å². The van der Waals surface area contributed by atoms with Crippen LogP contribution in [-0.2, 0) is 0 Å². The lowest BCUT2D eigenvalue weighted by molar-refractivity contribution is -0.148. The minimum atomic E-state index is -0.376. The first kappa shape index (κ1) is 29.0. The molecule has 0 radical (unpaired) electrons. The predicted molar refractivity (Wildman–Crippen MR) is 177 cm³/mol. The maximum Gasteiger partial charge on any atom is 0.0696 e. The average Bonchev–Trinajstić information content (AvgIpc) is 3.42. The van der Waals surface area contributed by atoms with Gasteiger partial charge in [0.05, 0.1) is 17.7 Å². The van der Waals surface area contributed by atoms with Crippen molar-refractivity contribution in [2.45, 2.75) is 141 Å². The number of fused-ring (bicyclic) bond motifs is 4. The lowest BCUT2D eigenvalue weighted by Crippen LogP contribution is -2.81. The molecular weight excluding hydrogens is 540 g/mol. The molecule has 0 aromatic heterocycles. The van der Waals surface area contributed by atoms with Gasteiger partial charge in [0.2, 0.25) is 0 Å². The van der Waals surface area contributed by atoms with Gasteiger partial charge in [0.25, 0.3) is 0 Å². The molecule has 44 heavy (non-hydrogen) atoms. The first-order chi connectivity index (χ1) is 20.8. The SMILES string of the molecule is C=C(C)[C@@H]1CC[C@]2(C)C(=C(C)C=C3C24CCC2(CC4)C[C@H]4C[C@H]5C[C@@H]6C[C@@H](NC[C@H](C)O)[C@H](O)C[C@@H]6[C@]56C=C[C@@]32N[C@@]46C)C1. The minimum absolute atomic E-state index is 0.0252. The Kier molecular flexibility index (Phi) is 5.81. The van der Waals surface area contributed by atoms with E-state index in [9.17, 15) is 10.2 Å². The van der Waals surface area contributed by atoms with Crippen LogP contribution >= 0.6 is 0 Å². The minimum Gasteiger partial charge on any atom is -0.392 e. The van der Waals surface area contributed by atoms with Crippen LogP contribution in [0.1, 0.15) is 112 Å². The molecule has 1 saturated heterocycles. The van der Waals surface area contributed by atoms with Gasteiger partial charge in [0, 0.05) is 29.0 Å². The zero-order chi connectivity index (χ0) is 30.7. The third-order valence-corrected chi connectivity index (χ3v) is 17.2. The highest BCUT2D eigenvalue weighted by atomic mass is 16.3. The average molecular weight is 599 g/mol. The van der Waals surface area contributed by atoms with Gasteiger partial charge < -0.3 is 15.5 Å². The van der Waals surface area contributed by atoms with Crippen LogP contribution < -0.4 is 10.6 Å². The Morgan fingerprint density at radius 1 is 1.07 bits per heavy atom. The highest BCUT2D eigenvalue weighted by Gasteiger charge is 2.80. The molecule has 4 heteroatoms. The summed E-state index contributed by atoms with van der Waals surface area (Å²) < 4.78 is 0. The van der Waals surface area contributed by atoms with Crippen molar-refractivity contribution in [1.29, 1.82) is 0 Å². The van der Waals surface area contributed by atoms with E-state index < -0.39 is 0 Å². The summed E-state index contributed by atoms with van der Waals surface area (Å²) in [5.41, 5.74) is 7.54. The molecule has 8 aliphatic carbocycles. The van der Waals surface area contributed by atoms with Crippen LogP contribution in [0, 0.1) is 51.2 Å². The number of piperidine rings is 1. The Hall–Kier alpha value is -1.20. The molecule has 10 aliphatic rings. The molecule has 7 saturated carbocycles. The van der Waals surface area contributed by atoms with E-state index in [0.717, 1.165) is 18.8 Å². The molecule has 4 nitrogen and oxygen atoms in total. The number of allylic oxidation sites excluding steroid dienone is 4. The van der Waals surface area contributed by atoms with Gasteiger partial charge in [-0.3, -0.25) is 5.32 Å². The second-order valence-electron chi connectivity index (χ2n) is 18.4. The fourth-order valence-corrected chi connectivity index (χ4v) is 15.1. The summed E-state index contributed by atoms with van der Waals surface area (Å²) in [6, 6.07) is 0.108. The maximum atomic E-state index is 11.5. The van der Waals surface area contributed by atoms with Crippen molar-refractivity contribution in [3.05, 3.63) is 47.1 Å². The van der Waals surface area contributed by atoms with Crippen molar-refractivity contribution in [2.75, 3.05) is 6.54 Å². The second-order valence-corrected chi connectivity index (χ2v) is 18.4. The van der Waals surface area contributed by atoms with Crippen LogP contribution in [0.5, 0.6) is 0 Å². The topological polar surface area (TPSA) is 64.5 Å². The zero-order valence-corrected chi connectivity index (χ0v) is 28.1. The Bertz CT molecular complexity index is 1400. The van der Waals surface area contributed by atoms with E-state index in [-0.39, 0.29) is 45.6 Å². The third-order valence-electron chi connectivity index (χ3n) is 17.2. The molecule has 10 rings (SSSR count). The van der Waals surface area contributed by atoms with Crippen molar-refractivity contribution in [3.8, 4) is 0 Å². The fraction of sp³-hybridized carbons (Fsp3) is 0.800. The smallest absolute Gasteiger partial charge is 0.0696 e. The van der Waals surface area contributed by atoms with Crippen molar-refractivity contribution >= 4 is 0 Å². The van der Waals surface area contributed by atoms with Gasteiger partial charge in [0.1, 0.15) is 0 Å². The van der Waals surface area contributed by atoms with Crippen LogP contribution in [-0.4, -0.2) is 46.1 Å². The summed E-state index contributed by atoms with van der Waals surface area (Å²) in [5.74, 6) is 3.27. The molecular formula is C40H58N2O2. The Morgan fingerprint density at radius 2 is 1.84 bits per heavy atom. The number of nitrogens with one attached hydrogen (secondary N) is 2. The normalized spacial score (nSPS) is 56.7. The third kappa shape index (κ3) is 3.08. The summed E-state index contributed by atoms with van der Waals surface area (Å²) >= 11 is 0. The highest BCUT2D eigenvalue weighted by Crippen LogP contribution is 2.82.